The van der Waals surface area contributed by atoms with E-state index in [9.17, 15) is 13.2 Å². The van der Waals surface area contributed by atoms with E-state index in [1.54, 1.807) is 18.2 Å². The van der Waals surface area contributed by atoms with Gasteiger partial charge in [0, 0.05) is 12.1 Å². The number of nitrogens with one attached hydrogen (secondary N) is 2. The fourth-order valence-electron chi connectivity index (χ4n) is 4.33. The van der Waals surface area contributed by atoms with Crippen molar-refractivity contribution in [2.24, 2.45) is 0 Å². The van der Waals surface area contributed by atoms with Gasteiger partial charge in [0.15, 0.2) is 0 Å². The molecule has 1 heterocycles. The fourth-order valence-corrected chi connectivity index (χ4v) is 5.45. The number of carbonyl (C=O) groups is 1. The summed E-state index contributed by atoms with van der Waals surface area (Å²) in [6.07, 6.45) is 2.34. The van der Waals surface area contributed by atoms with Gasteiger partial charge in [-0.3, -0.25) is 14.4 Å². The number of anilines is 1. The Morgan fingerprint density at radius 1 is 0.912 bits per heavy atom. The van der Waals surface area contributed by atoms with Gasteiger partial charge in [0.2, 0.25) is 0 Å². The Bertz CT molecular complexity index is 1240. The molecule has 1 atom stereocenters. The summed E-state index contributed by atoms with van der Waals surface area (Å²) in [4.78, 5) is 15.4. The molecule has 0 radical (unpaired) electrons. The minimum Gasteiger partial charge on any atom is -0.350 e. The number of nitrogens with zero attached hydrogens (tertiary/aromatic N) is 1. The number of carbonyl (C=O) groups excluding carboxylic acids is 1. The molecule has 178 valence electrons. The lowest BCUT2D eigenvalue weighted by molar-refractivity contribution is 0.0938. The van der Waals surface area contributed by atoms with Gasteiger partial charge in [-0.15, -0.1) is 0 Å². The first-order chi connectivity index (χ1) is 16.3. The SMILES string of the molecule is Cc1cccc(NS(=O)(=O)c2ccc(C(=O)NCC(c3ccccc3)N3CCCC3)cc2)c1C. The van der Waals surface area contributed by atoms with E-state index in [-0.39, 0.29) is 16.8 Å². The molecule has 6 nitrogen and oxygen atoms in total. The van der Waals surface area contributed by atoms with Crippen LogP contribution >= 0.6 is 0 Å². The van der Waals surface area contributed by atoms with Crippen molar-refractivity contribution in [1.82, 2.24) is 10.2 Å². The van der Waals surface area contributed by atoms with Gasteiger partial charge in [0.05, 0.1) is 16.6 Å². The summed E-state index contributed by atoms with van der Waals surface area (Å²) >= 11 is 0. The number of hydrogen-bond donors (Lipinski definition) is 2. The molecule has 1 aliphatic heterocycles. The molecule has 1 fully saturated rings. The molecular weight excluding hydrogens is 446 g/mol. The van der Waals surface area contributed by atoms with E-state index in [1.165, 1.54) is 30.5 Å². The van der Waals surface area contributed by atoms with Crippen molar-refractivity contribution in [2.75, 3.05) is 24.4 Å². The van der Waals surface area contributed by atoms with Crippen LogP contribution in [0.1, 0.15) is 45.9 Å². The Morgan fingerprint density at radius 3 is 2.26 bits per heavy atom. The van der Waals surface area contributed by atoms with Crippen molar-refractivity contribution in [1.29, 1.82) is 0 Å². The first kappa shape index (κ1) is 24.0. The van der Waals surface area contributed by atoms with Crippen molar-refractivity contribution in [3.05, 3.63) is 95.1 Å². The summed E-state index contributed by atoms with van der Waals surface area (Å²) in [5.41, 5.74) is 4.06. The molecule has 3 aromatic rings. The molecule has 1 aliphatic rings. The van der Waals surface area contributed by atoms with Crippen molar-refractivity contribution in [3.63, 3.8) is 0 Å². The van der Waals surface area contributed by atoms with Crippen LogP contribution < -0.4 is 10.0 Å². The summed E-state index contributed by atoms with van der Waals surface area (Å²) in [5.74, 6) is -0.216. The largest absolute Gasteiger partial charge is 0.350 e. The van der Waals surface area contributed by atoms with E-state index >= 15 is 0 Å². The molecule has 0 aliphatic carbocycles. The number of aryl methyl sites for hydroxylation is 1. The minimum atomic E-state index is -3.76. The molecule has 34 heavy (non-hydrogen) atoms. The van der Waals surface area contributed by atoms with Crippen LogP contribution in [0.2, 0.25) is 0 Å². The summed E-state index contributed by atoms with van der Waals surface area (Å²) in [6.45, 7) is 6.36. The van der Waals surface area contributed by atoms with Crippen molar-refractivity contribution in [2.45, 2.75) is 37.6 Å². The number of rotatable bonds is 8. The predicted octanol–water partition coefficient (Wildman–Crippen LogP) is 4.67. The Labute approximate surface area is 202 Å². The highest BCUT2D eigenvalue weighted by Crippen LogP contribution is 2.25. The summed E-state index contributed by atoms with van der Waals surface area (Å²) < 4.78 is 28.3. The highest BCUT2D eigenvalue weighted by atomic mass is 32.2. The van der Waals surface area contributed by atoms with Crippen LogP contribution in [-0.2, 0) is 10.0 Å². The lowest BCUT2D eigenvalue weighted by Crippen LogP contribution is -2.36. The molecule has 3 aromatic carbocycles. The Balaban J connectivity index is 1.43. The minimum absolute atomic E-state index is 0.115. The smallest absolute Gasteiger partial charge is 0.261 e. The van der Waals surface area contributed by atoms with Crippen LogP contribution in [0.4, 0.5) is 5.69 Å². The van der Waals surface area contributed by atoms with Gasteiger partial charge in [-0.05, 0) is 86.8 Å². The normalized spacial score (nSPS) is 15.1. The van der Waals surface area contributed by atoms with Crippen LogP contribution in [0.15, 0.2) is 77.7 Å². The molecular formula is C27H31N3O3S. The molecule has 1 amide bonds. The van der Waals surface area contributed by atoms with E-state index < -0.39 is 10.0 Å². The Morgan fingerprint density at radius 2 is 1.59 bits per heavy atom. The Kier molecular flexibility index (Phi) is 7.34. The fraction of sp³-hybridized carbons (Fsp3) is 0.296. The van der Waals surface area contributed by atoms with Gasteiger partial charge >= 0.3 is 0 Å². The lowest BCUT2D eigenvalue weighted by Gasteiger charge is -2.28. The highest BCUT2D eigenvalue weighted by Gasteiger charge is 2.24. The zero-order valence-electron chi connectivity index (χ0n) is 19.6. The maximum atomic E-state index is 12.8. The van der Waals surface area contributed by atoms with E-state index in [1.807, 2.05) is 44.2 Å². The maximum Gasteiger partial charge on any atom is 0.261 e. The molecule has 0 aromatic heterocycles. The molecule has 1 unspecified atom stereocenters. The van der Waals surface area contributed by atoms with Gasteiger partial charge in [-0.1, -0.05) is 42.5 Å². The van der Waals surface area contributed by atoms with Crippen LogP contribution in [0.3, 0.4) is 0 Å². The summed E-state index contributed by atoms with van der Waals surface area (Å²) in [5, 5.41) is 3.04. The first-order valence-electron chi connectivity index (χ1n) is 11.6. The number of hydrogen-bond acceptors (Lipinski definition) is 4. The zero-order chi connectivity index (χ0) is 24.1. The topological polar surface area (TPSA) is 78.5 Å². The molecule has 2 N–H and O–H groups in total. The standard InChI is InChI=1S/C27H31N3O3S/c1-20-9-8-12-25(21(20)2)29-34(32,33)24-15-13-23(14-16-24)27(31)28-19-26(30-17-6-7-18-30)22-10-4-3-5-11-22/h3-5,8-16,26,29H,6-7,17-19H2,1-2H3,(H,28,31). The van der Waals surface area contributed by atoms with E-state index in [4.69, 9.17) is 0 Å². The first-order valence-corrected chi connectivity index (χ1v) is 13.1. The predicted molar refractivity (Wildman–Crippen MR) is 135 cm³/mol. The Hall–Kier alpha value is -3.16. The molecule has 4 rings (SSSR count). The van der Waals surface area contributed by atoms with Gasteiger partial charge in [0.1, 0.15) is 0 Å². The van der Waals surface area contributed by atoms with Gasteiger partial charge in [-0.25, -0.2) is 8.42 Å². The third kappa shape index (κ3) is 5.48. The van der Waals surface area contributed by atoms with Crippen molar-refractivity contribution < 1.29 is 13.2 Å². The second kappa shape index (κ2) is 10.4. The van der Waals surface area contributed by atoms with Gasteiger partial charge in [0.25, 0.3) is 15.9 Å². The second-order valence-corrected chi connectivity index (χ2v) is 10.4. The molecule has 0 bridgehead atoms. The number of amides is 1. The maximum absolute atomic E-state index is 12.8. The van der Waals surface area contributed by atoms with E-state index in [2.05, 4.69) is 27.1 Å². The number of likely N-dealkylation sites (tertiary alicyclic amines) is 1. The van der Waals surface area contributed by atoms with Gasteiger partial charge in [-0.2, -0.15) is 0 Å². The summed E-state index contributed by atoms with van der Waals surface area (Å²) in [6, 6.07) is 21.9. The molecule has 7 heteroatoms. The number of benzene rings is 3. The molecule has 1 saturated heterocycles. The van der Waals surface area contributed by atoms with E-state index in [0.29, 0.717) is 17.8 Å². The van der Waals surface area contributed by atoms with Gasteiger partial charge < -0.3 is 5.32 Å². The van der Waals surface area contributed by atoms with Crippen LogP contribution in [0.25, 0.3) is 0 Å². The average molecular weight is 478 g/mol. The van der Waals surface area contributed by atoms with Crippen LogP contribution in [0.5, 0.6) is 0 Å². The number of sulfonamides is 1. The third-order valence-electron chi connectivity index (χ3n) is 6.50. The van der Waals surface area contributed by atoms with Crippen LogP contribution in [-0.4, -0.2) is 38.9 Å². The average Bonchev–Trinajstić information content (AvgIpc) is 3.37. The quantitative estimate of drug-likeness (QED) is 0.494. The third-order valence-corrected chi connectivity index (χ3v) is 7.88. The molecule has 0 spiro atoms. The second-order valence-electron chi connectivity index (χ2n) is 8.76. The van der Waals surface area contributed by atoms with Crippen molar-refractivity contribution >= 4 is 21.6 Å². The lowest BCUT2D eigenvalue weighted by atomic mass is 10.1. The van der Waals surface area contributed by atoms with Crippen molar-refractivity contribution in [3.8, 4) is 0 Å². The zero-order valence-corrected chi connectivity index (χ0v) is 20.4. The highest BCUT2D eigenvalue weighted by molar-refractivity contribution is 7.92. The monoisotopic (exact) mass is 477 g/mol. The van der Waals surface area contributed by atoms with E-state index in [0.717, 1.165) is 24.2 Å². The summed E-state index contributed by atoms with van der Waals surface area (Å²) in [7, 11) is -3.76. The molecule has 0 saturated carbocycles. The van der Waals surface area contributed by atoms with Crippen LogP contribution in [0, 0.1) is 13.8 Å².